The Balaban J connectivity index is 2.06. The molecule has 2 heterocycles. The first kappa shape index (κ1) is 34.5. The third-order valence-electron chi connectivity index (χ3n) is 7.11. The standard InChI is InChI=1S/C33H47N3O8/c1-11-33(9,10)26-22(21-16-15-20(18-23(21)34-26)42-30(40)44-32(6,7)8)19-24(35-29(39)43-31(3,4)5)27(37)36-17-13-14-25(36)28(38)41-12-2/h11,15-16,18,24-25,34H,1,12-14,17,19H2,2-10H3,(H,35,39)/t24?,25-/m0/s1. The molecule has 1 aromatic carbocycles. The zero-order valence-electron chi connectivity index (χ0n) is 27.4. The van der Waals surface area contributed by atoms with Gasteiger partial charge in [0.05, 0.1) is 6.61 Å². The van der Waals surface area contributed by atoms with Crippen molar-refractivity contribution in [3.8, 4) is 5.75 Å². The van der Waals surface area contributed by atoms with Crippen LogP contribution in [0.2, 0.25) is 0 Å². The van der Waals surface area contributed by atoms with Crippen LogP contribution < -0.4 is 10.1 Å². The van der Waals surface area contributed by atoms with E-state index in [4.69, 9.17) is 18.9 Å². The molecule has 1 unspecified atom stereocenters. The second-order valence-corrected chi connectivity index (χ2v) is 13.5. The van der Waals surface area contributed by atoms with Gasteiger partial charge in [-0.05, 0) is 79.0 Å². The molecule has 44 heavy (non-hydrogen) atoms. The topological polar surface area (TPSA) is 136 Å². The monoisotopic (exact) mass is 613 g/mol. The Labute approximate surface area is 259 Å². The van der Waals surface area contributed by atoms with E-state index in [0.717, 1.165) is 16.6 Å². The molecule has 1 aliphatic rings. The molecule has 0 aliphatic carbocycles. The quantitative estimate of drug-likeness (QED) is 0.154. The average Bonchev–Trinajstić information content (AvgIpc) is 3.51. The lowest BCUT2D eigenvalue weighted by molar-refractivity contribution is -0.153. The van der Waals surface area contributed by atoms with Gasteiger partial charge in [0.25, 0.3) is 0 Å². The van der Waals surface area contributed by atoms with Crippen LogP contribution >= 0.6 is 0 Å². The molecule has 11 heteroatoms. The summed E-state index contributed by atoms with van der Waals surface area (Å²) in [4.78, 5) is 57.0. The van der Waals surface area contributed by atoms with Gasteiger partial charge in [0.2, 0.25) is 5.91 Å². The second-order valence-electron chi connectivity index (χ2n) is 13.5. The lowest BCUT2D eigenvalue weighted by Crippen LogP contribution is -2.53. The van der Waals surface area contributed by atoms with Gasteiger partial charge in [-0.15, -0.1) is 6.58 Å². The highest BCUT2D eigenvalue weighted by Gasteiger charge is 2.40. The Morgan fingerprint density at radius 2 is 1.73 bits per heavy atom. The fourth-order valence-electron chi connectivity index (χ4n) is 5.10. The minimum Gasteiger partial charge on any atom is -0.464 e. The van der Waals surface area contributed by atoms with E-state index < -0.39 is 52.8 Å². The highest BCUT2D eigenvalue weighted by molar-refractivity contribution is 5.92. The molecule has 0 bridgehead atoms. The van der Waals surface area contributed by atoms with Crippen LogP contribution in [-0.4, -0.2) is 70.4 Å². The number of aromatic nitrogens is 1. The van der Waals surface area contributed by atoms with Crippen LogP contribution in [0.4, 0.5) is 9.59 Å². The summed E-state index contributed by atoms with van der Waals surface area (Å²) in [5.74, 6) is -0.600. The van der Waals surface area contributed by atoms with Crippen LogP contribution in [0.15, 0.2) is 30.9 Å². The molecular weight excluding hydrogens is 566 g/mol. The van der Waals surface area contributed by atoms with E-state index >= 15 is 0 Å². The van der Waals surface area contributed by atoms with Crippen molar-refractivity contribution in [1.82, 2.24) is 15.2 Å². The number of carbonyl (C=O) groups is 4. The van der Waals surface area contributed by atoms with Crippen molar-refractivity contribution in [3.63, 3.8) is 0 Å². The Kier molecular flexibility index (Phi) is 10.4. The van der Waals surface area contributed by atoms with Gasteiger partial charge in [0, 0.05) is 41.0 Å². The van der Waals surface area contributed by atoms with E-state index in [0.29, 0.717) is 24.9 Å². The molecule has 242 valence electrons. The fourth-order valence-corrected chi connectivity index (χ4v) is 5.10. The number of carbonyl (C=O) groups excluding carboxylic acids is 4. The summed E-state index contributed by atoms with van der Waals surface area (Å²) < 4.78 is 21.4. The first-order valence-corrected chi connectivity index (χ1v) is 15.0. The molecule has 1 saturated heterocycles. The number of H-pyrrole nitrogens is 1. The van der Waals surface area contributed by atoms with Crippen molar-refractivity contribution in [2.75, 3.05) is 13.2 Å². The van der Waals surface area contributed by atoms with Crippen molar-refractivity contribution in [1.29, 1.82) is 0 Å². The number of allylic oxidation sites excluding steroid dienone is 1. The number of hydrogen-bond acceptors (Lipinski definition) is 8. The number of benzene rings is 1. The van der Waals surface area contributed by atoms with Gasteiger partial charge in [-0.25, -0.2) is 14.4 Å². The van der Waals surface area contributed by atoms with Gasteiger partial charge in [0.15, 0.2) is 0 Å². The molecule has 0 spiro atoms. The molecule has 11 nitrogen and oxygen atoms in total. The molecule has 0 saturated carbocycles. The SMILES string of the molecule is C=CC(C)(C)c1[nH]c2cc(OC(=O)OC(C)(C)C)ccc2c1CC(NC(=O)OC(C)(C)C)C(=O)N1CCC[C@H]1C(=O)OCC. The minimum atomic E-state index is -1.06. The zero-order chi connectivity index (χ0) is 33.0. The van der Waals surface area contributed by atoms with Gasteiger partial charge in [-0.3, -0.25) is 4.79 Å². The Morgan fingerprint density at radius 1 is 1.07 bits per heavy atom. The number of ether oxygens (including phenoxy) is 4. The molecular formula is C33H47N3O8. The number of hydrogen-bond donors (Lipinski definition) is 2. The van der Waals surface area contributed by atoms with E-state index in [-0.39, 0.29) is 18.8 Å². The fraction of sp³-hybridized carbons (Fsp3) is 0.576. The Hall–Kier alpha value is -4.02. The number of amides is 2. The number of rotatable bonds is 9. The van der Waals surface area contributed by atoms with Crippen LogP contribution in [0.5, 0.6) is 5.75 Å². The van der Waals surface area contributed by atoms with Gasteiger partial charge < -0.3 is 34.1 Å². The van der Waals surface area contributed by atoms with Crippen LogP contribution in [0.3, 0.4) is 0 Å². The van der Waals surface area contributed by atoms with Gasteiger partial charge >= 0.3 is 18.2 Å². The average molecular weight is 614 g/mol. The predicted octanol–water partition coefficient (Wildman–Crippen LogP) is 5.94. The molecule has 2 N–H and O–H groups in total. The van der Waals surface area contributed by atoms with Crippen molar-refractivity contribution in [3.05, 3.63) is 42.1 Å². The van der Waals surface area contributed by atoms with E-state index in [1.54, 1.807) is 72.7 Å². The van der Waals surface area contributed by atoms with Crippen molar-refractivity contribution in [2.24, 2.45) is 0 Å². The van der Waals surface area contributed by atoms with E-state index in [2.05, 4.69) is 16.9 Å². The summed E-state index contributed by atoms with van der Waals surface area (Å²) in [6.45, 7) is 20.7. The molecule has 1 fully saturated rings. The Morgan fingerprint density at radius 3 is 2.32 bits per heavy atom. The normalized spacial score (nSPS) is 16.3. The molecule has 1 aliphatic heterocycles. The third-order valence-corrected chi connectivity index (χ3v) is 7.11. The van der Waals surface area contributed by atoms with Crippen LogP contribution in [0.1, 0.15) is 86.4 Å². The van der Waals surface area contributed by atoms with E-state index in [9.17, 15) is 19.2 Å². The Bertz CT molecular complexity index is 1400. The summed E-state index contributed by atoms with van der Waals surface area (Å²) in [5.41, 5.74) is 0.104. The van der Waals surface area contributed by atoms with E-state index in [1.807, 2.05) is 13.8 Å². The highest BCUT2D eigenvalue weighted by Crippen LogP contribution is 2.35. The number of alkyl carbamates (subject to hydrolysis) is 1. The lowest BCUT2D eigenvalue weighted by Gasteiger charge is -2.30. The number of nitrogens with one attached hydrogen (secondary N) is 2. The van der Waals surface area contributed by atoms with Crippen LogP contribution in [0.25, 0.3) is 10.9 Å². The van der Waals surface area contributed by atoms with Crippen LogP contribution in [-0.2, 0) is 35.6 Å². The summed E-state index contributed by atoms with van der Waals surface area (Å²) in [5, 5.41) is 3.53. The largest absolute Gasteiger partial charge is 0.514 e. The lowest BCUT2D eigenvalue weighted by atomic mass is 9.85. The number of nitrogens with zero attached hydrogens (tertiary/aromatic N) is 1. The maximum absolute atomic E-state index is 14.1. The van der Waals surface area contributed by atoms with Crippen molar-refractivity contribution < 1.29 is 38.1 Å². The van der Waals surface area contributed by atoms with Gasteiger partial charge in [-0.2, -0.15) is 0 Å². The summed E-state index contributed by atoms with van der Waals surface area (Å²) in [7, 11) is 0. The third kappa shape index (κ3) is 8.76. The number of likely N-dealkylation sites (tertiary alicyclic amines) is 1. The maximum Gasteiger partial charge on any atom is 0.514 e. The summed E-state index contributed by atoms with van der Waals surface area (Å²) in [6, 6.07) is 3.32. The highest BCUT2D eigenvalue weighted by atomic mass is 16.7. The maximum atomic E-state index is 14.1. The van der Waals surface area contributed by atoms with Gasteiger partial charge in [-0.1, -0.05) is 19.9 Å². The molecule has 0 radical (unpaired) electrons. The van der Waals surface area contributed by atoms with Gasteiger partial charge in [0.1, 0.15) is 29.0 Å². The molecule has 2 atom stereocenters. The molecule has 3 rings (SSSR count). The van der Waals surface area contributed by atoms with E-state index in [1.165, 1.54) is 4.90 Å². The molecule has 2 amide bonds. The summed E-state index contributed by atoms with van der Waals surface area (Å²) in [6.07, 6.45) is 1.41. The van der Waals surface area contributed by atoms with Crippen molar-refractivity contribution in [2.45, 2.75) is 110 Å². The second kappa shape index (κ2) is 13.3. The predicted molar refractivity (Wildman–Crippen MR) is 167 cm³/mol. The molecule has 1 aromatic heterocycles. The van der Waals surface area contributed by atoms with Crippen LogP contribution in [0, 0.1) is 0 Å². The van der Waals surface area contributed by atoms with Crippen molar-refractivity contribution >= 4 is 35.0 Å². The summed E-state index contributed by atoms with van der Waals surface area (Å²) >= 11 is 0. The number of esters is 1. The molecule has 2 aromatic rings. The first-order chi connectivity index (χ1) is 20.3. The minimum absolute atomic E-state index is 0.0863. The first-order valence-electron chi connectivity index (χ1n) is 15.0. The smallest absolute Gasteiger partial charge is 0.464 e. The number of fused-ring (bicyclic) bond motifs is 1. The number of aromatic amines is 1. The zero-order valence-corrected chi connectivity index (χ0v) is 27.4.